The van der Waals surface area contributed by atoms with Crippen LogP contribution in [0, 0.1) is 17.7 Å². The molecular formula is C14H14FNO3. The van der Waals surface area contributed by atoms with Crippen molar-refractivity contribution in [1.29, 1.82) is 0 Å². The van der Waals surface area contributed by atoms with Gasteiger partial charge in [-0.15, -0.1) is 0 Å². The molecule has 0 spiro atoms. The van der Waals surface area contributed by atoms with E-state index in [0.29, 0.717) is 13.0 Å². The van der Waals surface area contributed by atoms with Gasteiger partial charge < -0.3 is 10.1 Å². The molecule has 1 aromatic carbocycles. The Kier molecular flexibility index (Phi) is 5.55. The van der Waals surface area contributed by atoms with E-state index in [2.05, 4.69) is 21.9 Å². The van der Waals surface area contributed by atoms with Crippen LogP contribution in [0.1, 0.15) is 29.3 Å². The third-order valence-electron chi connectivity index (χ3n) is 2.24. The van der Waals surface area contributed by atoms with Crippen LogP contribution in [0.25, 0.3) is 0 Å². The molecule has 0 aromatic heterocycles. The summed E-state index contributed by atoms with van der Waals surface area (Å²) < 4.78 is 18.1. The number of hydrogen-bond acceptors (Lipinski definition) is 3. The van der Waals surface area contributed by atoms with Crippen LogP contribution in [0.15, 0.2) is 18.2 Å². The number of esters is 1. The Balaban J connectivity index is 2.67. The summed E-state index contributed by atoms with van der Waals surface area (Å²) in [5.41, 5.74) is 0.347. The molecule has 0 fully saturated rings. The number of carbonyl (C=O) groups is 2. The molecule has 19 heavy (non-hydrogen) atoms. The standard InChI is InChI=1S/C14H14FNO3/c1-10(17)16-8-4-3-5-11-6-7-12(9-13(11)15)14(18)19-2/h6-7,9H,4,8H2,1-2H3,(H,16,17). The molecule has 0 radical (unpaired) electrons. The molecule has 1 amide bonds. The van der Waals surface area contributed by atoms with Gasteiger partial charge in [-0.05, 0) is 18.2 Å². The monoisotopic (exact) mass is 263 g/mol. The summed E-state index contributed by atoms with van der Waals surface area (Å²) in [7, 11) is 1.23. The van der Waals surface area contributed by atoms with Gasteiger partial charge in [0.2, 0.25) is 5.91 Å². The maximum absolute atomic E-state index is 13.6. The molecule has 0 saturated heterocycles. The summed E-state index contributed by atoms with van der Waals surface area (Å²) in [6.45, 7) is 1.84. The third-order valence-corrected chi connectivity index (χ3v) is 2.24. The van der Waals surface area contributed by atoms with Crippen LogP contribution >= 0.6 is 0 Å². The second-order valence-corrected chi connectivity index (χ2v) is 3.72. The Hall–Kier alpha value is -2.35. The second kappa shape index (κ2) is 7.17. The number of methoxy groups -OCH3 is 1. The first-order chi connectivity index (χ1) is 9.04. The first kappa shape index (κ1) is 14.7. The molecule has 0 unspecified atom stereocenters. The number of rotatable bonds is 3. The summed E-state index contributed by atoms with van der Waals surface area (Å²) in [4.78, 5) is 21.8. The molecule has 1 rings (SSSR count). The predicted octanol–water partition coefficient (Wildman–Crippen LogP) is 1.49. The van der Waals surface area contributed by atoms with Crippen LogP contribution in [-0.2, 0) is 9.53 Å². The van der Waals surface area contributed by atoms with E-state index in [-0.39, 0.29) is 17.0 Å². The molecule has 100 valence electrons. The van der Waals surface area contributed by atoms with E-state index >= 15 is 0 Å². The van der Waals surface area contributed by atoms with Gasteiger partial charge in [0, 0.05) is 19.9 Å². The zero-order chi connectivity index (χ0) is 14.3. The number of benzene rings is 1. The average molecular weight is 263 g/mol. The highest BCUT2D eigenvalue weighted by atomic mass is 19.1. The molecule has 0 bridgehead atoms. The van der Waals surface area contributed by atoms with Crippen LogP contribution in [0.5, 0.6) is 0 Å². The van der Waals surface area contributed by atoms with Gasteiger partial charge in [-0.25, -0.2) is 9.18 Å². The summed E-state index contributed by atoms with van der Waals surface area (Å²) >= 11 is 0. The van der Waals surface area contributed by atoms with Crippen LogP contribution in [-0.4, -0.2) is 25.5 Å². The minimum absolute atomic E-state index is 0.129. The van der Waals surface area contributed by atoms with E-state index in [1.807, 2.05) is 0 Å². The van der Waals surface area contributed by atoms with Gasteiger partial charge in [-0.2, -0.15) is 0 Å². The van der Waals surface area contributed by atoms with Gasteiger partial charge >= 0.3 is 5.97 Å². The summed E-state index contributed by atoms with van der Waals surface area (Å²) in [5, 5.41) is 2.58. The van der Waals surface area contributed by atoms with Crippen molar-refractivity contribution in [2.24, 2.45) is 0 Å². The summed E-state index contributed by atoms with van der Waals surface area (Å²) in [6, 6.07) is 3.96. The predicted molar refractivity (Wildman–Crippen MR) is 67.9 cm³/mol. The van der Waals surface area contributed by atoms with Gasteiger partial charge in [0.15, 0.2) is 0 Å². The highest BCUT2D eigenvalue weighted by molar-refractivity contribution is 5.89. The number of carbonyl (C=O) groups excluding carboxylic acids is 2. The van der Waals surface area contributed by atoms with E-state index in [4.69, 9.17) is 0 Å². The fraction of sp³-hybridized carbons (Fsp3) is 0.286. The molecule has 4 nitrogen and oxygen atoms in total. The van der Waals surface area contributed by atoms with E-state index in [1.165, 1.54) is 26.2 Å². The van der Waals surface area contributed by atoms with Crippen molar-refractivity contribution in [3.63, 3.8) is 0 Å². The van der Waals surface area contributed by atoms with Crippen LogP contribution in [0.3, 0.4) is 0 Å². The lowest BCUT2D eigenvalue weighted by atomic mass is 10.1. The van der Waals surface area contributed by atoms with Gasteiger partial charge in [0.05, 0.1) is 18.2 Å². The number of nitrogens with one attached hydrogen (secondary N) is 1. The van der Waals surface area contributed by atoms with Crippen molar-refractivity contribution >= 4 is 11.9 Å². The molecule has 1 N–H and O–H groups in total. The van der Waals surface area contributed by atoms with E-state index in [9.17, 15) is 14.0 Å². The lowest BCUT2D eigenvalue weighted by molar-refractivity contribution is -0.118. The van der Waals surface area contributed by atoms with Crippen LogP contribution in [0.4, 0.5) is 4.39 Å². The van der Waals surface area contributed by atoms with E-state index in [0.717, 1.165) is 6.07 Å². The normalized spacial score (nSPS) is 9.21. The number of halogens is 1. The number of hydrogen-bond donors (Lipinski definition) is 1. The Bertz CT molecular complexity index is 543. The van der Waals surface area contributed by atoms with Gasteiger partial charge in [0.1, 0.15) is 5.82 Å². The Morgan fingerprint density at radius 2 is 2.16 bits per heavy atom. The van der Waals surface area contributed by atoms with Crippen molar-refractivity contribution in [3.8, 4) is 11.8 Å². The van der Waals surface area contributed by atoms with Crippen LogP contribution in [0.2, 0.25) is 0 Å². The SMILES string of the molecule is COC(=O)c1ccc(C#CCCNC(C)=O)c(F)c1. The molecular weight excluding hydrogens is 249 g/mol. The molecule has 0 aliphatic carbocycles. The fourth-order valence-corrected chi connectivity index (χ4v) is 1.32. The Morgan fingerprint density at radius 3 is 2.74 bits per heavy atom. The van der Waals surface area contributed by atoms with Crippen molar-refractivity contribution in [1.82, 2.24) is 5.32 Å². The lowest BCUT2D eigenvalue weighted by Crippen LogP contribution is -2.20. The first-order valence-corrected chi connectivity index (χ1v) is 5.65. The molecule has 5 heteroatoms. The van der Waals surface area contributed by atoms with Crippen molar-refractivity contribution in [3.05, 3.63) is 35.1 Å². The smallest absolute Gasteiger partial charge is 0.337 e. The molecule has 1 aromatic rings. The Morgan fingerprint density at radius 1 is 1.42 bits per heavy atom. The molecule has 0 heterocycles. The topological polar surface area (TPSA) is 55.4 Å². The second-order valence-electron chi connectivity index (χ2n) is 3.72. The fourth-order valence-electron chi connectivity index (χ4n) is 1.32. The largest absolute Gasteiger partial charge is 0.465 e. The van der Waals surface area contributed by atoms with Crippen molar-refractivity contribution in [2.75, 3.05) is 13.7 Å². The summed E-state index contributed by atoms with van der Waals surface area (Å²) in [6.07, 6.45) is 0.428. The van der Waals surface area contributed by atoms with Gasteiger partial charge in [-0.3, -0.25) is 4.79 Å². The minimum atomic E-state index is -0.593. The quantitative estimate of drug-likeness (QED) is 0.510. The molecule has 0 atom stereocenters. The third kappa shape index (κ3) is 4.80. The van der Waals surface area contributed by atoms with Crippen LogP contribution < -0.4 is 5.32 Å². The van der Waals surface area contributed by atoms with Gasteiger partial charge in [0.25, 0.3) is 0 Å². The Labute approximate surface area is 111 Å². The van der Waals surface area contributed by atoms with Crippen molar-refractivity contribution < 1.29 is 18.7 Å². The summed E-state index contributed by atoms with van der Waals surface area (Å²) in [5.74, 6) is 4.09. The molecule has 0 saturated carbocycles. The zero-order valence-electron chi connectivity index (χ0n) is 10.7. The van der Waals surface area contributed by atoms with Gasteiger partial charge in [-0.1, -0.05) is 11.8 Å². The minimum Gasteiger partial charge on any atom is -0.465 e. The average Bonchev–Trinajstić information content (AvgIpc) is 2.38. The highest BCUT2D eigenvalue weighted by Gasteiger charge is 2.08. The zero-order valence-corrected chi connectivity index (χ0v) is 10.7. The van der Waals surface area contributed by atoms with E-state index in [1.54, 1.807) is 0 Å². The lowest BCUT2D eigenvalue weighted by Gasteiger charge is -2.00. The first-order valence-electron chi connectivity index (χ1n) is 5.65. The molecule has 0 aliphatic rings. The highest BCUT2D eigenvalue weighted by Crippen LogP contribution is 2.10. The number of amides is 1. The molecule has 0 aliphatic heterocycles. The van der Waals surface area contributed by atoms with Crippen molar-refractivity contribution in [2.45, 2.75) is 13.3 Å². The maximum Gasteiger partial charge on any atom is 0.337 e. The number of ether oxygens (including phenoxy) is 1. The maximum atomic E-state index is 13.6. The van der Waals surface area contributed by atoms with E-state index < -0.39 is 11.8 Å².